The molecule has 1 aliphatic carbocycles. The van der Waals surface area contributed by atoms with Crippen LogP contribution in [0.25, 0.3) is 22.0 Å². The molecule has 0 atom stereocenters. The highest BCUT2D eigenvalue weighted by atomic mass is 32.2. The van der Waals surface area contributed by atoms with E-state index in [9.17, 15) is 4.79 Å². The second-order valence-electron chi connectivity index (χ2n) is 7.78. The molecule has 1 N–H and O–H groups in total. The van der Waals surface area contributed by atoms with Crippen molar-refractivity contribution >= 4 is 28.4 Å². The van der Waals surface area contributed by atoms with E-state index < -0.39 is 0 Å². The molecule has 2 aromatic heterocycles. The minimum atomic E-state index is 0.0226. The lowest BCUT2D eigenvalue weighted by Crippen LogP contribution is -2.21. The van der Waals surface area contributed by atoms with E-state index in [2.05, 4.69) is 34.3 Å². The number of aryl methyl sites for hydroxylation is 1. The van der Waals surface area contributed by atoms with Crippen LogP contribution in [0.4, 0.5) is 5.69 Å². The lowest BCUT2D eigenvalue weighted by molar-refractivity contribution is 0.581. The number of aromatic nitrogens is 2. The van der Waals surface area contributed by atoms with Gasteiger partial charge in [-0.2, -0.15) is 0 Å². The molecule has 2 fully saturated rings. The van der Waals surface area contributed by atoms with Gasteiger partial charge in [-0.15, -0.1) is 11.8 Å². The smallest absolute Gasteiger partial charge is 0.274 e. The summed E-state index contributed by atoms with van der Waals surface area (Å²) in [4.78, 5) is 19.4. The van der Waals surface area contributed by atoms with Crippen molar-refractivity contribution in [2.45, 2.75) is 24.2 Å². The maximum atomic E-state index is 12.4. The molecule has 3 heterocycles. The molecular weight excluding hydrogens is 342 g/mol. The number of hydrogen-bond donors (Lipinski definition) is 1. The number of benzene rings is 1. The molecule has 3 aromatic rings. The van der Waals surface area contributed by atoms with E-state index in [-0.39, 0.29) is 5.56 Å². The summed E-state index contributed by atoms with van der Waals surface area (Å²) in [5.74, 6) is 0. The molecular formula is C21H23N3OS. The second kappa shape index (κ2) is 5.68. The number of fused-ring (bicyclic) bond motifs is 1. The summed E-state index contributed by atoms with van der Waals surface area (Å²) in [6.45, 7) is 2.30. The maximum Gasteiger partial charge on any atom is 0.274 e. The van der Waals surface area contributed by atoms with Crippen LogP contribution in [0.1, 0.15) is 19.3 Å². The number of anilines is 1. The van der Waals surface area contributed by atoms with E-state index in [1.54, 1.807) is 16.3 Å². The van der Waals surface area contributed by atoms with Crippen LogP contribution in [0.5, 0.6) is 0 Å². The van der Waals surface area contributed by atoms with Gasteiger partial charge in [0.15, 0.2) is 0 Å². The zero-order chi connectivity index (χ0) is 17.9. The van der Waals surface area contributed by atoms with Crippen LogP contribution in [-0.2, 0) is 7.05 Å². The Morgan fingerprint density at radius 1 is 1.15 bits per heavy atom. The van der Waals surface area contributed by atoms with Crippen LogP contribution in [0.15, 0.2) is 46.3 Å². The van der Waals surface area contributed by atoms with Gasteiger partial charge in [-0.25, -0.2) is 0 Å². The Morgan fingerprint density at radius 3 is 2.73 bits per heavy atom. The Hall–Kier alpha value is -2.14. The van der Waals surface area contributed by atoms with Gasteiger partial charge < -0.3 is 14.5 Å². The van der Waals surface area contributed by atoms with Crippen LogP contribution in [0.3, 0.4) is 0 Å². The monoisotopic (exact) mass is 365 g/mol. The van der Waals surface area contributed by atoms with Gasteiger partial charge in [-0.1, -0.05) is 0 Å². The number of pyridine rings is 1. The molecule has 5 rings (SSSR count). The third kappa shape index (κ3) is 2.41. The van der Waals surface area contributed by atoms with Crippen LogP contribution >= 0.6 is 11.8 Å². The van der Waals surface area contributed by atoms with E-state index in [1.165, 1.54) is 42.0 Å². The van der Waals surface area contributed by atoms with Gasteiger partial charge in [-0.05, 0) is 55.2 Å². The molecule has 1 spiro atoms. The first-order valence-corrected chi connectivity index (χ1v) is 10.4. The molecule has 1 saturated carbocycles. The lowest BCUT2D eigenvalue weighted by atomic mass is 10.0. The van der Waals surface area contributed by atoms with Gasteiger partial charge in [-0.3, -0.25) is 4.79 Å². The molecule has 4 nitrogen and oxygen atoms in total. The van der Waals surface area contributed by atoms with E-state index in [4.69, 9.17) is 0 Å². The Bertz CT molecular complexity index is 1060. The van der Waals surface area contributed by atoms with Crippen molar-refractivity contribution in [2.24, 2.45) is 12.5 Å². The quantitative estimate of drug-likeness (QED) is 0.706. The number of nitrogens with zero attached hydrogens (tertiary/aromatic N) is 2. The fourth-order valence-electron chi connectivity index (χ4n) is 4.34. The van der Waals surface area contributed by atoms with Gasteiger partial charge in [0.2, 0.25) is 0 Å². The van der Waals surface area contributed by atoms with Crippen LogP contribution in [-0.4, -0.2) is 28.9 Å². The van der Waals surface area contributed by atoms with E-state index in [1.807, 2.05) is 25.5 Å². The number of rotatable bonds is 3. The summed E-state index contributed by atoms with van der Waals surface area (Å²) in [6, 6.07) is 8.79. The SMILES string of the molecule is CSc1ccc(N2CCC3(CC3)C2)c(-c2cn(C)c(=O)c3[nH]ccc23)c1. The fraction of sp³-hybridized carbons (Fsp3) is 0.381. The lowest BCUT2D eigenvalue weighted by Gasteiger charge is -2.23. The highest BCUT2D eigenvalue weighted by molar-refractivity contribution is 7.98. The topological polar surface area (TPSA) is 41.0 Å². The molecule has 1 aliphatic heterocycles. The number of thioether (sulfide) groups is 1. The second-order valence-corrected chi connectivity index (χ2v) is 8.66. The standard InChI is InChI=1S/C21H23N3OS/c1-23-12-17(15-5-9-22-19(15)20(23)25)16-11-14(26-2)3-4-18(16)24-10-8-21(13-24)6-7-21/h3-5,9,11-12,22H,6-8,10,13H2,1-2H3. The minimum absolute atomic E-state index is 0.0226. The summed E-state index contributed by atoms with van der Waals surface area (Å²) in [6.07, 6.45) is 10.0. The summed E-state index contributed by atoms with van der Waals surface area (Å²) in [7, 11) is 1.83. The summed E-state index contributed by atoms with van der Waals surface area (Å²) in [5.41, 5.74) is 4.95. The number of hydrogen-bond acceptors (Lipinski definition) is 3. The summed E-state index contributed by atoms with van der Waals surface area (Å²) < 4.78 is 1.69. The van der Waals surface area contributed by atoms with Crippen LogP contribution in [0.2, 0.25) is 0 Å². The van der Waals surface area contributed by atoms with Gasteiger partial charge in [0.05, 0.1) is 0 Å². The normalized spacial score (nSPS) is 18.2. The first-order valence-electron chi connectivity index (χ1n) is 9.20. The molecule has 26 heavy (non-hydrogen) atoms. The first-order chi connectivity index (χ1) is 12.6. The molecule has 0 amide bonds. The molecule has 5 heteroatoms. The number of aromatic amines is 1. The average Bonchev–Trinajstić information content (AvgIpc) is 3.06. The highest BCUT2D eigenvalue weighted by Crippen LogP contribution is 2.54. The fourth-order valence-corrected chi connectivity index (χ4v) is 4.78. The van der Waals surface area contributed by atoms with Crippen molar-refractivity contribution in [3.8, 4) is 11.1 Å². The van der Waals surface area contributed by atoms with Crippen molar-refractivity contribution in [1.82, 2.24) is 9.55 Å². The van der Waals surface area contributed by atoms with E-state index in [0.717, 1.165) is 17.5 Å². The molecule has 0 unspecified atom stereocenters. The average molecular weight is 366 g/mol. The summed E-state index contributed by atoms with van der Waals surface area (Å²) in [5, 5.41) is 1.01. The predicted molar refractivity (Wildman–Crippen MR) is 109 cm³/mol. The third-order valence-corrected chi connectivity index (χ3v) is 6.85. The van der Waals surface area contributed by atoms with Crippen molar-refractivity contribution in [3.05, 3.63) is 47.0 Å². The Kier molecular flexibility index (Phi) is 3.51. The van der Waals surface area contributed by atoms with Gasteiger partial charge >= 0.3 is 0 Å². The molecule has 134 valence electrons. The highest BCUT2D eigenvalue weighted by Gasteiger charge is 2.48. The minimum Gasteiger partial charge on any atom is -0.370 e. The van der Waals surface area contributed by atoms with Crippen molar-refractivity contribution in [3.63, 3.8) is 0 Å². The molecule has 0 bridgehead atoms. The van der Waals surface area contributed by atoms with Gasteiger partial charge in [0.25, 0.3) is 5.56 Å². The number of H-pyrrole nitrogens is 1. The van der Waals surface area contributed by atoms with Crippen LogP contribution < -0.4 is 10.5 Å². The molecule has 1 saturated heterocycles. The first kappa shape index (κ1) is 16.1. The summed E-state index contributed by atoms with van der Waals surface area (Å²) >= 11 is 1.76. The molecule has 2 aliphatic rings. The Labute approximate surface area is 157 Å². The predicted octanol–water partition coefficient (Wildman–Crippen LogP) is 4.25. The van der Waals surface area contributed by atoms with E-state index >= 15 is 0 Å². The maximum absolute atomic E-state index is 12.4. The Balaban J connectivity index is 1.72. The Morgan fingerprint density at radius 2 is 2.00 bits per heavy atom. The third-order valence-electron chi connectivity index (χ3n) is 6.12. The van der Waals surface area contributed by atoms with Gasteiger partial charge in [0.1, 0.15) is 5.52 Å². The van der Waals surface area contributed by atoms with Crippen molar-refractivity contribution in [1.29, 1.82) is 0 Å². The molecule has 1 aromatic carbocycles. The zero-order valence-electron chi connectivity index (χ0n) is 15.2. The van der Waals surface area contributed by atoms with E-state index in [0.29, 0.717) is 10.9 Å². The van der Waals surface area contributed by atoms with Crippen LogP contribution in [0, 0.1) is 5.41 Å². The largest absolute Gasteiger partial charge is 0.370 e. The van der Waals surface area contributed by atoms with Crippen molar-refractivity contribution in [2.75, 3.05) is 24.2 Å². The molecule has 0 radical (unpaired) electrons. The number of nitrogens with one attached hydrogen (secondary N) is 1. The zero-order valence-corrected chi connectivity index (χ0v) is 16.0. The van der Waals surface area contributed by atoms with Gasteiger partial charge in [0, 0.05) is 59.6 Å². The van der Waals surface area contributed by atoms with Crippen molar-refractivity contribution < 1.29 is 0 Å².